The minimum atomic E-state index is -0.817. The molecule has 4 heteroatoms. The van der Waals surface area contributed by atoms with Crippen LogP contribution in [0.25, 0.3) is 0 Å². The Hall–Kier alpha value is -0.610. The van der Waals surface area contributed by atoms with E-state index >= 15 is 0 Å². The highest BCUT2D eigenvalue weighted by atomic mass is 16.3. The zero-order valence-corrected chi connectivity index (χ0v) is 12.7. The van der Waals surface area contributed by atoms with Gasteiger partial charge in [0.25, 0.3) is 0 Å². The van der Waals surface area contributed by atoms with Gasteiger partial charge in [-0.3, -0.25) is 4.79 Å². The van der Waals surface area contributed by atoms with E-state index in [1.54, 1.807) is 18.7 Å². The van der Waals surface area contributed by atoms with E-state index in [1.807, 2.05) is 6.92 Å². The number of hydrogen-bond donors (Lipinski definition) is 2. The number of nitrogens with two attached hydrogens (primary N) is 1. The first-order valence-corrected chi connectivity index (χ1v) is 7.56. The molecule has 1 aliphatic carbocycles. The zero-order valence-electron chi connectivity index (χ0n) is 12.7. The summed E-state index contributed by atoms with van der Waals surface area (Å²) in [4.78, 5) is 14.0. The maximum Gasteiger partial charge on any atom is 0.222 e. The SMILES string of the molecule is CCN(CC(C)(C)O)C(=O)CC1CCC(CN)CC1. The Kier molecular flexibility index (Phi) is 6.27. The third kappa shape index (κ3) is 5.91. The van der Waals surface area contributed by atoms with Crippen molar-refractivity contribution in [1.82, 2.24) is 4.90 Å². The van der Waals surface area contributed by atoms with Crippen molar-refractivity contribution in [1.29, 1.82) is 0 Å². The first-order valence-electron chi connectivity index (χ1n) is 7.56. The fraction of sp³-hybridized carbons (Fsp3) is 0.933. The van der Waals surface area contributed by atoms with Crippen LogP contribution in [0, 0.1) is 11.8 Å². The fourth-order valence-electron chi connectivity index (χ4n) is 2.89. The molecule has 1 fully saturated rings. The average molecular weight is 270 g/mol. The Bertz CT molecular complexity index is 278. The molecule has 0 aromatic heterocycles. The Balaban J connectivity index is 2.41. The summed E-state index contributed by atoms with van der Waals surface area (Å²) in [7, 11) is 0. The van der Waals surface area contributed by atoms with Gasteiger partial charge in [0.15, 0.2) is 0 Å². The van der Waals surface area contributed by atoms with Crippen LogP contribution in [0.15, 0.2) is 0 Å². The molecule has 19 heavy (non-hydrogen) atoms. The van der Waals surface area contributed by atoms with E-state index in [1.165, 1.54) is 0 Å². The van der Waals surface area contributed by atoms with Crippen LogP contribution in [0.5, 0.6) is 0 Å². The second-order valence-electron chi connectivity index (χ2n) is 6.55. The standard InChI is InChI=1S/C15H30N2O2/c1-4-17(11-15(2,3)19)14(18)9-12-5-7-13(10-16)8-6-12/h12-13,19H,4-11,16H2,1-3H3. The summed E-state index contributed by atoms with van der Waals surface area (Å²) in [5, 5.41) is 9.83. The highest BCUT2D eigenvalue weighted by Gasteiger charge is 2.26. The molecule has 1 aliphatic rings. The van der Waals surface area contributed by atoms with Crippen LogP contribution in [0.1, 0.15) is 52.9 Å². The molecule has 1 rings (SSSR count). The minimum absolute atomic E-state index is 0.181. The van der Waals surface area contributed by atoms with Crippen molar-refractivity contribution in [2.75, 3.05) is 19.6 Å². The molecule has 112 valence electrons. The van der Waals surface area contributed by atoms with Crippen LogP contribution >= 0.6 is 0 Å². The Morgan fingerprint density at radius 1 is 1.26 bits per heavy atom. The quantitative estimate of drug-likeness (QED) is 0.773. The van der Waals surface area contributed by atoms with Gasteiger partial charge in [0.1, 0.15) is 0 Å². The van der Waals surface area contributed by atoms with Crippen LogP contribution in [0.2, 0.25) is 0 Å². The predicted molar refractivity (Wildman–Crippen MR) is 77.7 cm³/mol. The average Bonchev–Trinajstić information content (AvgIpc) is 2.35. The number of rotatable bonds is 6. The molecule has 0 heterocycles. The molecule has 0 radical (unpaired) electrons. The van der Waals surface area contributed by atoms with Crippen LogP contribution in [0.3, 0.4) is 0 Å². The van der Waals surface area contributed by atoms with Crippen molar-refractivity contribution in [3.8, 4) is 0 Å². The summed E-state index contributed by atoms with van der Waals surface area (Å²) in [6.45, 7) is 7.32. The monoisotopic (exact) mass is 270 g/mol. The van der Waals surface area contributed by atoms with E-state index in [0.29, 0.717) is 31.3 Å². The second kappa shape index (κ2) is 7.25. The van der Waals surface area contributed by atoms with Gasteiger partial charge in [-0.2, -0.15) is 0 Å². The molecule has 1 amide bonds. The lowest BCUT2D eigenvalue weighted by atomic mass is 9.80. The summed E-state index contributed by atoms with van der Waals surface area (Å²) in [6, 6.07) is 0. The van der Waals surface area contributed by atoms with Gasteiger partial charge in [-0.1, -0.05) is 0 Å². The first-order chi connectivity index (χ1) is 8.85. The molecule has 0 saturated heterocycles. The van der Waals surface area contributed by atoms with Gasteiger partial charge >= 0.3 is 0 Å². The van der Waals surface area contributed by atoms with Gasteiger partial charge < -0.3 is 15.7 Å². The van der Waals surface area contributed by atoms with Crippen molar-refractivity contribution in [2.24, 2.45) is 17.6 Å². The molecule has 0 spiro atoms. The number of hydrogen-bond acceptors (Lipinski definition) is 3. The predicted octanol–water partition coefficient (Wildman–Crippen LogP) is 1.76. The van der Waals surface area contributed by atoms with E-state index in [-0.39, 0.29) is 5.91 Å². The Morgan fingerprint density at radius 2 is 1.79 bits per heavy atom. The van der Waals surface area contributed by atoms with E-state index < -0.39 is 5.60 Å². The maximum absolute atomic E-state index is 12.3. The summed E-state index contributed by atoms with van der Waals surface area (Å²) in [5.74, 6) is 1.34. The van der Waals surface area contributed by atoms with Gasteiger partial charge in [0, 0.05) is 19.5 Å². The third-order valence-electron chi connectivity index (χ3n) is 4.08. The van der Waals surface area contributed by atoms with E-state index in [9.17, 15) is 9.90 Å². The van der Waals surface area contributed by atoms with Crippen molar-refractivity contribution in [3.63, 3.8) is 0 Å². The number of likely N-dealkylation sites (N-methyl/N-ethyl adjacent to an activating group) is 1. The van der Waals surface area contributed by atoms with Crippen molar-refractivity contribution >= 4 is 5.91 Å². The number of nitrogens with zero attached hydrogens (tertiary/aromatic N) is 1. The van der Waals surface area contributed by atoms with Crippen LogP contribution < -0.4 is 5.73 Å². The van der Waals surface area contributed by atoms with Crippen LogP contribution in [-0.4, -0.2) is 41.1 Å². The normalized spacial score (nSPS) is 24.3. The molecular weight excluding hydrogens is 240 g/mol. The topological polar surface area (TPSA) is 66.6 Å². The summed E-state index contributed by atoms with van der Waals surface area (Å²) >= 11 is 0. The molecule has 0 aromatic carbocycles. The highest BCUT2D eigenvalue weighted by Crippen LogP contribution is 2.30. The van der Waals surface area contributed by atoms with Gasteiger partial charge in [0.05, 0.1) is 5.60 Å². The molecule has 1 saturated carbocycles. The summed E-state index contributed by atoms with van der Waals surface area (Å²) in [5.41, 5.74) is 4.87. The summed E-state index contributed by atoms with van der Waals surface area (Å²) < 4.78 is 0. The molecule has 0 atom stereocenters. The van der Waals surface area contributed by atoms with Crippen molar-refractivity contribution in [3.05, 3.63) is 0 Å². The third-order valence-corrected chi connectivity index (χ3v) is 4.08. The lowest BCUT2D eigenvalue weighted by Crippen LogP contribution is -2.42. The summed E-state index contributed by atoms with van der Waals surface area (Å²) in [6.07, 6.45) is 5.18. The number of carbonyl (C=O) groups is 1. The largest absolute Gasteiger partial charge is 0.389 e. The van der Waals surface area contributed by atoms with Crippen LogP contribution in [-0.2, 0) is 4.79 Å². The number of carbonyl (C=O) groups excluding carboxylic acids is 1. The molecule has 4 nitrogen and oxygen atoms in total. The molecule has 0 unspecified atom stereocenters. The molecule has 0 bridgehead atoms. The molecule has 0 aliphatic heterocycles. The Labute approximate surface area is 117 Å². The minimum Gasteiger partial charge on any atom is -0.389 e. The molecular formula is C15H30N2O2. The van der Waals surface area contributed by atoms with E-state index in [4.69, 9.17) is 5.73 Å². The molecule has 3 N–H and O–H groups in total. The first kappa shape index (κ1) is 16.4. The van der Waals surface area contributed by atoms with Gasteiger partial charge in [0.2, 0.25) is 5.91 Å². The second-order valence-corrected chi connectivity index (χ2v) is 6.55. The van der Waals surface area contributed by atoms with Gasteiger partial charge in [-0.05, 0) is 64.8 Å². The maximum atomic E-state index is 12.3. The van der Waals surface area contributed by atoms with Gasteiger partial charge in [-0.15, -0.1) is 0 Å². The van der Waals surface area contributed by atoms with Crippen molar-refractivity contribution < 1.29 is 9.90 Å². The van der Waals surface area contributed by atoms with Crippen LogP contribution in [0.4, 0.5) is 0 Å². The zero-order chi connectivity index (χ0) is 14.5. The smallest absolute Gasteiger partial charge is 0.222 e. The van der Waals surface area contributed by atoms with E-state index in [0.717, 1.165) is 32.2 Å². The van der Waals surface area contributed by atoms with Gasteiger partial charge in [-0.25, -0.2) is 0 Å². The van der Waals surface area contributed by atoms with Crippen molar-refractivity contribution in [2.45, 2.75) is 58.5 Å². The number of amides is 1. The Morgan fingerprint density at radius 3 is 2.21 bits per heavy atom. The molecule has 0 aromatic rings. The van der Waals surface area contributed by atoms with E-state index in [2.05, 4.69) is 0 Å². The highest BCUT2D eigenvalue weighted by molar-refractivity contribution is 5.76. The fourth-order valence-corrected chi connectivity index (χ4v) is 2.89. The lowest BCUT2D eigenvalue weighted by Gasteiger charge is -2.31. The lowest BCUT2D eigenvalue weighted by molar-refractivity contribution is -0.135. The number of aliphatic hydroxyl groups is 1.